The van der Waals surface area contributed by atoms with Crippen LogP contribution in [0, 0.1) is 0 Å². The van der Waals surface area contributed by atoms with Crippen LogP contribution in [0.1, 0.15) is 44.9 Å². The highest BCUT2D eigenvalue weighted by atomic mass is 16.3. The van der Waals surface area contributed by atoms with Crippen molar-refractivity contribution in [3.05, 3.63) is 136 Å². The molecule has 0 bridgehead atoms. The van der Waals surface area contributed by atoms with Gasteiger partial charge in [0.15, 0.2) is 0 Å². The zero-order chi connectivity index (χ0) is 29.8. The molecule has 5 aromatic carbocycles. The molecule has 5 aromatic rings. The first-order valence-corrected chi connectivity index (χ1v) is 13.5. The van der Waals surface area contributed by atoms with Crippen molar-refractivity contribution in [3.8, 4) is 39.5 Å². The molecule has 0 aliphatic carbocycles. The lowest BCUT2D eigenvalue weighted by Crippen LogP contribution is -2.08. The van der Waals surface area contributed by atoms with Crippen LogP contribution in [0.25, 0.3) is 22.3 Å². The van der Waals surface area contributed by atoms with Gasteiger partial charge in [0, 0.05) is 39.3 Å². The fourth-order valence-corrected chi connectivity index (χ4v) is 5.46. The summed E-state index contributed by atoms with van der Waals surface area (Å²) in [5.74, 6) is -0.963. The van der Waals surface area contributed by atoms with E-state index in [2.05, 4.69) is 0 Å². The Morgan fingerprint density at radius 1 is 0.405 bits per heavy atom. The molecule has 42 heavy (non-hydrogen) atoms. The highest BCUT2D eigenvalue weighted by molar-refractivity contribution is 5.76. The van der Waals surface area contributed by atoms with E-state index in [4.69, 9.17) is 0 Å². The zero-order valence-electron chi connectivity index (χ0n) is 22.8. The number of benzene rings is 5. The first kappa shape index (κ1) is 28.9. The lowest BCUT2D eigenvalue weighted by atomic mass is 9.80. The monoisotopic (exact) mass is 564 g/mol. The van der Waals surface area contributed by atoms with Gasteiger partial charge in [0.05, 0.1) is 26.4 Å². The Bertz CT molecular complexity index is 1580. The van der Waals surface area contributed by atoms with E-state index in [9.17, 15) is 35.7 Å². The Morgan fingerprint density at radius 3 is 1.05 bits per heavy atom. The standard InChI is InChI=1S/C35H32O7/c36-17-26-11-23(12-27(18-37)33(26)40)32(24-13-28(19-38)34(41)30(15-24)21-7-3-1-4-8-21)25-14-29(20-39)35(42)31(16-25)22-9-5-2-6-10-22/h1-16,32,36-42H,17-20H2. The Morgan fingerprint density at radius 2 is 0.714 bits per heavy atom. The van der Waals surface area contributed by atoms with E-state index in [1.165, 1.54) is 0 Å². The van der Waals surface area contributed by atoms with Gasteiger partial charge < -0.3 is 35.7 Å². The molecule has 0 aliphatic heterocycles. The number of aliphatic hydroxyl groups is 4. The molecule has 5 rings (SSSR count). The van der Waals surface area contributed by atoms with Crippen LogP contribution in [0.5, 0.6) is 17.2 Å². The summed E-state index contributed by atoms with van der Waals surface area (Å²) in [5.41, 5.74) is 5.39. The van der Waals surface area contributed by atoms with Crippen LogP contribution in [0.15, 0.2) is 97.1 Å². The summed E-state index contributed by atoms with van der Waals surface area (Å²) in [6, 6.07) is 28.8. The fourth-order valence-electron chi connectivity index (χ4n) is 5.46. The first-order valence-electron chi connectivity index (χ1n) is 13.5. The molecule has 0 saturated carbocycles. The van der Waals surface area contributed by atoms with E-state index >= 15 is 0 Å². The number of hydrogen-bond donors (Lipinski definition) is 7. The second kappa shape index (κ2) is 12.5. The SMILES string of the molecule is OCc1cc(C(c2cc(CO)c(O)c(-c3ccccc3)c2)c2cc(CO)c(O)c(-c3ccccc3)c2)cc(CO)c1O. The summed E-state index contributed by atoms with van der Waals surface area (Å²) >= 11 is 0. The summed E-state index contributed by atoms with van der Waals surface area (Å²) in [6.07, 6.45) is 0. The Hall–Kier alpha value is -4.66. The van der Waals surface area contributed by atoms with Crippen molar-refractivity contribution in [1.29, 1.82) is 0 Å². The lowest BCUT2D eigenvalue weighted by molar-refractivity contribution is 0.263. The van der Waals surface area contributed by atoms with Gasteiger partial charge in [0.1, 0.15) is 17.2 Å². The zero-order valence-corrected chi connectivity index (χ0v) is 22.8. The molecule has 0 saturated heterocycles. The lowest BCUT2D eigenvalue weighted by Gasteiger charge is -2.25. The molecular weight excluding hydrogens is 532 g/mol. The number of aliphatic hydroxyl groups excluding tert-OH is 4. The van der Waals surface area contributed by atoms with Gasteiger partial charge in [-0.3, -0.25) is 0 Å². The van der Waals surface area contributed by atoms with Gasteiger partial charge in [-0.1, -0.05) is 60.7 Å². The number of phenols is 3. The topological polar surface area (TPSA) is 142 Å². The van der Waals surface area contributed by atoms with Crippen LogP contribution in [-0.2, 0) is 26.4 Å². The van der Waals surface area contributed by atoms with Gasteiger partial charge >= 0.3 is 0 Å². The smallest absolute Gasteiger partial charge is 0.128 e. The molecule has 0 fully saturated rings. The van der Waals surface area contributed by atoms with Crippen LogP contribution in [0.3, 0.4) is 0 Å². The summed E-state index contributed by atoms with van der Waals surface area (Å²) < 4.78 is 0. The van der Waals surface area contributed by atoms with Crippen molar-refractivity contribution in [3.63, 3.8) is 0 Å². The van der Waals surface area contributed by atoms with Gasteiger partial charge in [0.2, 0.25) is 0 Å². The minimum atomic E-state index is -0.636. The summed E-state index contributed by atoms with van der Waals surface area (Å²) in [6.45, 7) is -1.81. The third-order valence-electron chi connectivity index (χ3n) is 7.56. The minimum absolute atomic E-state index is 0.0595. The number of aromatic hydroxyl groups is 3. The maximum Gasteiger partial charge on any atom is 0.128 e. The van der Waals surface area contributed by atoms with Gasteiger partial charge in [0.25, 0.3) is 0 Å². The quantitative estimate of drug-likeness (QED) is 0.121. The Labute approximate surface area is 243 Å². The van der Waals surface area contributed by atoms with Crippen molar-refractivity contribution in [2.45, 2.75) is 32.3 Å². The molecule has 0 heterocycles. The van der Waals surface area contributed by atoms with E-state index in [1.807, 2.05) is 72.8 Å². The molecule has 0 unspecified atom stereocenters. The maximum atomic E-state index is 11.1. The fraction of sp³-hybridized carbons (Fsp3) is 0.143. The van der Waals surface area contributed by atoms with Gasteiger partial charge in [-0.25, -0.2) is 0 Å². The van der Waals surface area contributed by atoms with Crippen molar-refractivity contribution < 1.29 is 35.7 Å². The number of rotatable bonds is 9. The largest absolute Gasteiger partial charge is 0.507 e. The molecular formula is C35H32O7. The van der Waals surface area contributed by atoms with E-state index in [-0.39, 0.29) is 28.4 Å². The van der Waals surface area contributed by atoms with Crippen molar-refractivity contribution >= 4 is 0 Å². The molecule has 0 spiro atoms. The predicted molar refractivity (Wildman–Crippen MR) is 160 cm³/mol. The van der Waals surface area contributed by atoms with Crippen molar-refractivity contribution in [2.75, 3.05) is 0 Å². The van der Waals surface area contributed by atoms with E-state index in [0.717, 1.165) is 11.1 Å². The highest BCUT2D eigenvalue weighted by Gasteiger charge is 2.25. The van der Waals surface area contributed by atoms with Crippen molar-refractivity contribution in [1.82, 2.24) is 0 Å². The average molecular weight is 565 g/mol. The minimum Gasteiger partial charge on any atom is -0.507 e. The van der Waals surface area contributed by atoms with Crippen LogP contribution in [-0.4, -0.2) is 35.7 Å². The van der Waals surface area contributed by atoms with Crippen LogP contribution >= 0.6 is 0 Å². The van der Waals surface area contributed by atoms with Crippen LogP contribution in [0.4, 0.5) is 0 Å². The molecule has 0 radical (unpaired) electrons. The first-order chi connectivity index (χ1) is 20.4. The Kier molecular flexibility index (Phi) is 8.56. The second-order valence-corrected chi connectivity index (χ2v) is 10.1. The van der Waals surface area contributed by atoms with Gasteiger partial charge in [-0.2, -0.15) is 0 Å². The van der Waals surface area contributed by atoms with Crippen molar-refractivity contribution in [2.24, 2.45) is 0 Å². The third kappa shape index (κ3) is 5.46. The molecule has 0 aliphatic rings. The molecule has 7 N–H and O–H groups in total. The summed E-state index contributed by atoms with van der Waals surface area (Å²) in [4.78, 5) is 0. The normalized spacial score (nSPS) is 11.3. The summed E-state index contributed by atoms with van der Waals surface area (Å²) in [7, 11) is 0. The van der Waals surface area contributed by atoms with Gasteiger partial charge in [-0.05, 0) is 64.2 Å². The van der Waals surface area contributed by atoms with E-state index < -0.39 is 32.3 Å². The predicted octanol–water partition coefficient (Wildman–Crippen LogP) is 5.29. The molecule has 0 aromatic heterocycles. The van der Waals surface area contributed by atoms with Crippen LogP contribution in [0.2, 0.25) is 0 Å². The average Bonchev–Trinajstić information content (AvgIpc) is 3.03. The Balaban J connectivity index is 1.85. The maximum absolute atomic E-state index is 11.1. The molecule has 7 nitrogen and oxygen atoms in total. The molecule has 0 amide bonds. The van der Waals surface area contributed by atoms with Crippen LogP contribution < -0.4 is 0 Å². The molecule has 214 valence electrons. The van der Waals surface area contributed by atoms with Gasteiger partial charge in [-0.15, -0.1) is 0 Å². The molecule has 0 atom stereocenters. The summed E-state index contributed by atoms with van der Waals surface area (Å²) in [5, 5.41) is 73.3. The third-order valence-corrected chi connectivity index (χ3v) is 7.56. The van der Waals surface area contributed by atoms with E-state index in [0.29, 0.717) is 38.9 Å². The highest BCUT2D eigenvalue weighted by Crippen LogP contribution is 2.44. The van der Waals surface area contributed by atoms with E-state index in [1.54, 1.807) is 24.3 Å². The second-order valence-electron chi connectivity index (χ2n) is 10.1. The number of hydrogen-bond acceptors (Lipinski definition) is 7. The molecule has 7 heteroatoms.